The second-order valence-electron chi connectivity index (χ2n) is 14.0. The molecule has 2 aromatic carbocycles. The predicted octanol–water partition coefficient (Wildman–Crippen LogP) is 9.55. The van der Waals surface area contributed by atoms with Crippen molar-refractivity contribution in [1.29, 1.82) is 0 Å². The molecule has 0 fully saturated rings. The van der Waals surface area contributed by atoms with Gasteiger partial charge in [-0.15, -0.1) is 0 Å². The summed E-state index contributed by atoms with van der Waals surface area (Å²) in [4.78, 5) is 0. The van der Waals surface area contributed by atoms with Gasteiger partial charge in [0, 0.05) is 0 Å². The summed E-state index contributed by atoms with van der Waals surface area (Å²) in [5.41, 5.74) is 0. The van der Waals surface area contributed by atoms with E-state index in [1.54, 1.807) is 0 Å². The van der Waals surface area contributed by atoms with E-state index in [0.29, 0.717) is 13.7 Å². The van der Waals surface area contributed by atoms with Crippen LogP contribution < -0.4 is 10.4 Å². The fourth-order valence-electron chi connectivity index (χ4n) is 3.79. The van der Waals surface area contributed by atoms with E-state index < -0.39 is 0 Å². The molecule has 0 N–H and O–H groups in total. The molecule has 2 rings (SSSR count). The van der Waals surface area contributed by atoms with E-state index >= 15 is 0 Å². The summed E-state index contributed by atoms with van der Waals surface area (Å²) in [5.74, 6) is 0. The van der Waals surface area contributed by atoms with Gasteiger partial charge in [-0.1, -0.05) is 97.2 Å². The molecule has 0 saturated heterocycles. The molecule has 0 spiro atoms. The van der Waals surface area contributed by atoms with Gasteiger partial charge in [-0.2, -0.15) is 0 Å². The monoisotopic (exact) mass is 738 g/mol. The van der Waals surface area contributed by atoms with Crippen molar-refractivity contribution in [3.63, 3.8) is 0 Å². The van der Waals surface area contributed by atoms with E-state index in [1.165, 1.54) is 10.4 Å². The first kappa shape index (κ1) is 38.6. The van der Waals surface area contributed by atoms with Crippen LogP contribution in [-0.4, -0.2) is 59.9 Å². The summed E-state index contributed by atoms with van der Waals surface area (Å²) in [6.45, 7) is 37.6. The van der Waals surface area contributed by atoms with Gasteiger partial charge in [-0.25, -0.2) is 0 Å². The third-order valence-electron chi connectivity index (χ3n) is 4.20. The van der Waals surface area contributed by atoms with E-state index in [0.717, 1.165) is 0 Å². The summed E-state index contributed by atoms with van der Waals surface area (Å²) in [6.07, 6.45) is 0. The van der Waals surface area contributed by atoms with Gasteiger partial charge in [-0.05, 0) is 0 Å². The molecule has 0 aliphatic rings. The van der Waals surface area contributed by atoms with Gasteiger partial charge in [0.25, 0.3) is 0 Å². The quantitative estimate of drug-likeness (QED) is 0.270. The largest absolute Gasteiger partial charge is 0.0791 e. The molecular formula is C32H58Si2Sn2. The SMILES string of the molecule is C[C](C)(C)[Sn][C](C)(C)C.C[C](C)(C)[Sn][C](C)(C)C.C[Si](C)c1ccccc1.C[Si](C)c1ccccc1. The van der Waals surface area contributed by atoms with Gasteiger partial charge in [0.05, 0.1) is 17.6 Å². The molecular weight excluding hydrogens is 678 g/mol. The number of benzene rings is 2. The average Bonchev–Trinajstić information content (AvgIpc) is 2.65. The van der Waals surface area contributed by atoms with Crippen LogP contribution in [0.15, 0.2) is 60.7 Å². The molecule has 0 unspecified atom stereocenters. The van der Waals surface area contributed by atoms with Gasteiger partial charge >= 0.3 is 139 Å². The predicted molar refractivity (Wildman–Crippen MR) is 177 cm³/mol. The van der Waals surface area contributed by atoms with Crippen molar-refractivity contribution in [2.45, 2.75) is 123 Å². The Labute approximate surface area is 251 Å². The van der Waals surface area contributed by atoms with Crippen molar-refractivity contribution in [2.24, 2.45) is 0 Å². The molecule has 0 heterocycles. The molecule has 4 heteroatoms. The van der Waals surface area contributed by atoms with Crippen LogP contribution >= 0.6 is 0 Å². The fraction of sp³-hybridized carbons (Fsp3) is 0.625. The fourth-order valence-corrected chi connectivity index (χ4v) is 18.4. The van der Waals surface area contributed by atoms with Gasteiger partial charge < -0.3 is 0 Å². The molecule has 0 atom stereocenters. The summed E-state index contributed by atoms with van der Waals surface area (Å²) < 4.78 is 2.62. The topological polar surface area (TPSA) is 0 Å². The zero-order valence-corrected chi connectivity index (χ0v) is 34.5. The Morgan fingerprint density at radius 1 is 0.389 bits per heavy atom. The van der Waals surface area contributed by atoms with Gasteiger partial charge in [0.2, 0.25) is 0 Å². The first-order valence-corrected chi connectivity index (χ1v) is 24.0. The maximum absolute atomic E-state index is 2.37. The molecule has 0 nitrogen and oxygen atoms in total. The van der Waals surface area contributed by atoms with E-state index in [9.17, 15) is 0 Å². The Morgan fingerprint density at radius 3 is 0.667 bits per heavy atom. The molecule has 0 aliphatic heterocycles. The van der Waals surface area contributed by atoms with Crippen LogP contribution in [0.5, 0.6) is 0 Å². The first-order chi connectivity index (χ1) is 16.0. The van der Waals surface area contributed by atoms with Crippen LogP contribution in [0.2, 0.25) is 39.9 Å². The van der Waals surface area contributed by atoms with E-state index in [1.807, 2.05) is 0 Å². The van der Waals surface area contributed by atoms with Crippen LogP contribution in [-0.2, 0) is 0 Å². The second kappa shape index (κ2) is 17.9. The Balaban J connectivity index is 0. The summed E-state index contributed by atoms with van der Waals surface area (Å²) in [7, 11) is -0.424. The third kappa shape index (κ3) is 29.0. The number of hydrogen-bond donors (Lipinski definition) is 0. The van der Waals surface area contributed by atoms with Gasteiger partial charge in [0.15, 0.2) is 0 Å². The molecule has 0 aliphatic carbocycles. The van der Waals surface area contributed by atoms with Crippen molar-refractivity contribution < 1.29 is 0 Å². The Morgan fingerprint density at radius 2 is 0.583 bits per heavy atom. The molecule has 6 radical (unpaired) electrons. The second-order valence-corrected chi connectivity index (χ2v) is 37.7. The van der Waals surface area contributed by atoms with Crippen molar-refractivity contribution in [3.8, 4) is 0 Å². The maximum atomic E-state index is 2.37. The normalized spacial score (nSPS) is 12.1. The summed E-state index contributed by atoms with van der Waals surface area (Å²) >= 11 is -0.363. The smallest absolute Gasteiger partial charge is 0.0671 e. The summed E-state index contributed by atoms with van der Waals surface area (Å²) in [6, 6.07) is 21.4. The zero-order chi connectivity index (χ0) is 28.8. The standard InChI is InChI=1S/2C8H11Si.4C4H9.2Sn/c2*1-9(2)8-6-4-3-5-7-8;4*1-4(2)3;;/h2*3-7H,1-2H3;4*1-3H3;;. The number of hydrogen-bond acceptors (Lipinski definition) is 0. The van der Waals surface area contributed by atoms with Crippen LogP contribution in [0.4, 0.5) is 0 Å². The van der Waals surface area contributed by atoms with E-state index in [-0.39, 0.29) is 59.9 Å². The minimum atomic E-state index is -0.212. The minimum absolute atomic E-state index is 0.182. The molecule has 0 bridgehead atoms. The van der Waals surface area contributed by atoms with Gasteiger partial charge in [0.1, 0.15) is 0 Å². The van der Waals surface area contributed by atoms with Crippen molar-refractivity contribution in [1.82, 2.24) is 0 Å². The molecule has 0 amide bonds. The minimum Gasteiger partial charge on any atom is -0.0671 e. The van der Waals surface area contributed by atoms with Gasteiger partial charge in [-0.3, -0.25) is 0 Å². The third-order valence-corrected chi connectivity index (χ3v) is 15.7. The average molecular weight is 736 g/mol. The van der Waals surface area contributed by atoms with Crippen molar-refractivity contribution in [2.75, 3.05) is 0 Å². The Hall–Kier alpha value is 0.471. The zero-order valence-electron chi connectivity index (χ0n) is 26.8. The van der Waals surface area contributed by atoms with Crippen LogP contribution in [0.25, 0.3) is 0 Å². The molecule has 2 aromatic rings. The van der Waals surface area contributed by atoms with Crippen molar-refractivity contribution >= 4 is 70.3 Å². The Kier molecular flexibility index (Phi) is 19.2. The first-order valence-electron chi connectivity index (χ1n) is 13.3. The molecule has 202 valence electrons. The van der Waals surface area contributed by atoms with Crippen LogP contribution in [0, 0.1) is 0 Å². The maximum Gasteiger partial charge on any atom is 0.0791 e. The van der Waals surface area contributed by atoms with Crippen molar-refractivity contribution in [3.05, 3.63) is 60.7 Å². The summed E-state index contributed by atoms with van der Waals surface area (Å²) in [5, 5.41) is 3.03. The molecule has 0 aromatic heterocycles. The molecule has 0 saturated carbocycles. The van der Waals surface area contributed by atoms with E-state index in [4.69, 9.17) is 0 Å². The van der Waals surface area contributed by atoms with Crippen LogP contribution in [0.3, 0.4) is 0 Å². The van der Waals surface area contributed by atoms with E-state index in [2.05, 4.69) is 170 Å². The Bertz CT molecular complexity index is 680. The van der Waals surface area contributed by atoms with Crippen LogP contribution in [0.1, 0.15) is 83.1 Å². The molecule has 36 heavy (non-hydrogen) atoms. The number of rotatable bonds is 2.